The van der Waals surface area contributed by atoms with Crippen molar-refractivity contribution in [3.8, 4) is 5.75 Å². The number of aromatic nitrogens is 1. The standard InChI is InChI=1S/C14H12N2O3S/c1-9-14(20-8-15-9)16-13(19)11(7-17)6-10-2-4-12(18)5-3-10/h2-8,18H,1H3,(H,16,19). The molecule has 1 aromatic heterocycles. The van der Waals surface area contributed by atoms with Crippen LogP contribution in [-0.2, 0) is 9.59 Å². The number of hydrogen-bond donors (Lipinski definition) is 2. The molecule has 0 saturated heterocycles. The van der Waals surface area contributed by atoms with E-state index >= 15 is 0 Å². The van der Waals surface area contributed by atoms with Gasteiger partial charge in [-0.3, -0.25) is 9.59 Å². The van der Waals surface area contributed by atoms with E-state index < -0.39 is 5.91 Å². The van der Waals surface area contributed by atoms with E-state index in [1.54, 1.807) is 24.6 Å². The molecule has 2 rings (SSSR count). The molecule has 1 amide bonds. The Bertz CT molecular complexity index is 659. The summed E-state index contributed by atoms with van der Waals surface area (Å²) in [6, 6.07) is 6.20. The van der Waals surface area contributed by atoms with E-state index in [-0.39, 0.29) is 11.3 Å². The SMILES string of the molecule is Cc1ncsc1NC(=O)C(C=O)=Cc1ccc(O)cc1. The molecular weight excluding hydrogens is 276 g/mol. The molecule has 0 aliphatic heterocycles. The first-order chi connectivity index (χ1) is 9.60. The molecule has 0 fully saturated rings. The zero-order chi connectivity index (χ0) is 14.5. The number of anilines is 1. The van der Waals surface area contributed by atoms with Crippen LogP contribution in [0.5, 0.6) is 5.75 Å². The van der Waals surface area contributed by atoms with Gasteiger partial charge in [0.15, 0.2) is 6.29 Å². The summed E-state index contributed by atoms with van der Waals surface area (Å²) in [5.74, 6) is -0.361. The number of amides is 1. The van der Waals surface area contributed by atoms with Crippen molar-refractivity contribution in [1.29, 1.82) is 0 Å². The van der Waals surface area contributed by atoms with Gasteiger partial charge in [-0.2, -0.15) is 0 Å². The minimum absolute atomic E-state index is 0.00323. The molecule has 0 spiro atoms. The van der Waals surface area contributed by atoms with Gasteiger partial charge < -0.3 is 10.4 Å². The molecule has 0 unspecified atom stereocenters. The zero-order valence-electron chi connectivity index (χ0n) is 10.7. The second-order valence-corrected chi connectivity index (χ2v) is 4.88. The van der Waals surface area contributed by atoms with Crippen LogP contribution in [0.25, 0.3) is 6.08 Å². The number of carbonyl (C=O) groups is 2. The van der Waals surface area contributed by atoms with Gasteiger partial charge >= 0.3 is 0 Å². The van der Waals surface area contributed by atoms with Crippen molar-refractivity contribution in [3.05, 3.63) is 46.6 Å². The monoisotopic (exact) mass is 288 g/mol. The largest absolute Gasteiger partial charge is 0.508 e. The molecule has 20 heavy (non-hydrogen) atoms. The Labute approximate surface area is 119 Å². The quantitative estimate of drug-likeness (QED) is 0.392. The van der Waals surface area contributed by atoms with Crippen molar-refractivity contribution in [2.75, 3.05) is 5.32 Å². The number of aromatic hydroxyl groups is 1. The Kier molecular flexibility index (Phi) is 4.27. The Morgan fingerprint density at radius 1 is 1.35 bits per heavy atom. The van der Waals surface area contributed by atoms with Gasteiger partial charge in [0.1, 0.15) is 10.8 Å². The maximum atomic E-state index is 12.0. The molecule has 0 atom stereocenters. The van der Waals surface area contributed by atoms with Gasteiger partial charge in [0.2, 0.25) is 0 Å². The Balaban J connectivity index is 2.19. The van der Waals surface area contributed by atoms with E-state index in [0.717, 1.165) is 0 Å². The molecule has 0 aliphatic rings. The highest BCUT2D eigenvalue weighted by atomic mass is 32.1. The third kappa shape index (κ3) is 3.30. The van der Waals surface area contributed by atoms with E-state index in [0.29, 0.717) is 22.5 Å². The number of nitrogens with one attached hydrogen (secondary N) is 1. The van der Waals surface area contributed by atoms with Crippen molar-refractivity contribution >= 4 is 34.6 Å². The van der Waals surface area contributed by atoms with Crippen molar-refractivity contribution < 1.29 is 14.7 Å². The summed E-state index contributed by atoms with van der Waals surface area (Å²) < 4.78 is 0. The fraction of sp³-hybridized carbons (Fsp3) is 0.0714. The molecule has 102 valence electrons. The van der Waals surface area contributed by atoms with Crippen molar-refractivity contribution in [1.82, 2.24) is 4.98 Å². The summed E-state index contributed by atoms with van der Waals surface area (Å²) in [6.45, 7) is 1.77. The first-order valence-corrected chi connectivity index (χ1v) is 6.65. The van der Waals surface area contributed by atoms with Crippen molar-refractivity contribution in [3.63, 3.8) is 0 Å². The summed E-state index contributed by atoms with van der Waals surface area (Å²) >= 11 is 1.29. The van der Waals surface area contributed by atoms with Crippen LogP contribution in [0, 0.1) is 6.92 Å². The van der Waals surface area contributed by atoms with Crippen LogP contribution in [0.4, 0.5) is 5.00 Å². The van der Waals surface area contributed by atoms with Crippen LogP contribution in [-0.4, -0.2) is 22.3 Å². The van der Waals surface area contributed by atoms with Crippen molar-refractivity contribution in [2.45, 2.75) is 6.92 Å². The van der Waals surface area contributed by atoms with Gasteiger partial charge in [0.05, 0.1) is 16.8 Å². The second-order valence-electron chi connectivity index (χ2n) is 4.03. The number of benzene rings is 1. The average molecular weight is 288 g/mol. The molecular formula is C14H12N2O3S. The van der Waals surface area contributed by atoms with Gasteiger partial charge in [-0.15, -0.1) is 11.3 Å². The lowest BCUT2D eigenvalue weighted by atomic mass is 10.1. The highest BCUT2D eigenvalue weighted by Gasteiger charge is 2.11. The van der Waals surface area contributed by atoms with Gasteiger partial charge in [-0.25, -0.2) is 4.98 Å². The topological polar surface area (TPSA) is 79.3 Å². The summed E-state index contributed by atoms with van der Waals surface area (Å²) in [4.78, 5) is 27.0. The van der Waals surface area contributed by atoms with Crippen LogP contribution >= 0.6 is 11.3 Å². The van der Waals surface area contributed by atoms with E-state index in [2.05, 4.69) is 10.3 Å². The average Bonchev–Trinajstić information content (AvgIpc) is 2.83. The first kappa shape index (κ1) is 14.0. The lowest BCUT2D eigenvalue weighted by Gasteiger charge is -2.03. The number of rotatable bonds is 4. The number of nitrogens with zero attached hydrogens (tertiary/aromatic N) is 1. The van der Waals surface area contributed by atoms with E-state index in [4.69, 9.17) is 0 Å². The first-order valence-electron chi connectivity index (χ1n) is 5.77. The number of thiazole rings is 1. The Hall–Kier alpha value is -2.47. The third-order valence-electron chi connectivity index (χ3n) is 2.58. The molecule has 0 saturated carbocycles. The predicted molar refractivity (Wildman–Crippen MR) is 77.6 cm³/mol. The third-order valence-corrected chi connectivity index (χ3v) is 3.42. The van der Waals surface area contributed by atoms with E-state index in [1.807, 2.05) is 0 Å². The minimum Gasteiger partial charge on any atom is -0.508 e. The fourth-order valence-electron chi connectivity index (χ4n) is 1.50. The van der Waals surface area contributed by atoms with Crippen LogP contribution in [0.15, 0.2) is 35.3 Å². The number of phenolic OH excluding ortho intramolecular Hbond substituents is 1. The number of carbonyl (C=O) groups excluding carboxylic acids is 2. The molecule has 0 aliphatic carbocycles. The van der Waals surface area contributed by atoms with Gasteiger partial charge in [-0.1, -0.05) is 12.1 Å². The van der Waals surface area contributed by atoms with Crippen LogP contribution in [0.3, 0.4) is 0 Å². The molecule has 2 aromatic rings. The lowest BCUT2D eigenvalue weighted by molar-refractivity contribution is -0.115. The number of hydrogen-bond acceptors (Lipinski definition) is 5. The van der Waals surface area contributed by atoms with Gasteiger partial charge in [0, 0.05) is 0 Å². The Morgan fingerprint density at radius 2 is 2.05 bits per heavy atom. The number of aldehydes is 1. The van der Waals surface area contributed by atoms with E-state index in [1.165, 1.54) is 29.5 Å². The van der Waals surface area contributed by atoms with Gasteiger partial charge in [-0.05, 0) is 30.7 Å². The zero-order valence-corrected chi connectivity index (χ0v) is 11.5. The fourth-order valence-corrected chi connectivity index (χ4v) is 2.19. The van der Waals surface area contributed by atoms with Crippen LogP contribution in [0.1, 0.15) is 11.3 Å². The second kappa shape index (κ2) is 6.12. The summed E-state index contributed by atoms with van der Waals surface area (Å²) in [7, 11) is 0. The van der Waals surface area contributed by atoms with Crippen LogP contribution < -0.4 is 5.32 Å². The normalized spacial score (nSPS) is 11.2. The summed E-state index contributed by atoms with van der Waals surface area (Å²) in [5, 5.41) is 12.4. The summed E-state index contributed by atoms with van der Waals surface area (Å²) in [6.07, 6.45) is 1.96. The number of phenols is 1. The molecule has 5 nitrogen and oxygen atoms in total. The molecule has 1 heterocycles. The highest BCUT2D eigenvalue weighted by Crippen LogP contribution is 2.20. The smallest absolute Gasteiger partial charge is 0.259 e. The van der Waals surface area contributed by atoms with Crippen LogP contribution in [0.2, 0.25) is 0 Å². The van der Waals surface area contributed by atoms with Crippen molar-refractivity contribution in [2.24, 2.45) is 0 Å². The summed E-state index contributed by atoms with van der Waals surface area (Å²) in [5.41, 5.74) is 2.98. The molecule has 0 bridgehead atoms. The predicted octanol–water partition coefficient (Wildman–Crippen LogP) is 2.38. The highest BCUT2D eigenvalue weighted by molar-refractivity contribution is 7.14. The molecule has 1 aromatic carbocycles. The molecule has 6 heteroatoms. The molecule has 2 N–H and O–H groups in total. The number of aryl methyl sites for hydroxylation is 1. The van der Waals surface area contributed by atoms with E-state index in [9.17, 15) is 14.7 Å². The maximum absolute atomic E-state index is 12.0. The lowest BCUT2D eigenvalue weighted by Crippen LogP contribution is -2.15. The minimum atomic E-state index is -0.486. The maximum Gasteiger partial charge on any atom is 0.259 e. The Morgan fingerprint density at radius 3 is 2.60 bits per heavy atom. The molecule has 0 radical (unpaired) electrons. The van der Waals surface area contributed by atoms with Gasteiger partial charge in [0.25, 0.3) is 5.91 Å².